The van der Waals surface area contributed by atoms with Gasteiger partial charge in [-0.15, -0.1) is 0 Å². The standard InChI is InChI=1S/C12H17NO5P/c1-8(2)16-12(14)10-6-4-5-7-11(10)18-19(15)17-9(3)13/h4-9H,13H2,1-3H3/q+1. The maximum atomic E-state index is 11.8. The fourth-order valence-electron chi connectivity index (χ4n) is 1.23. The molecule has 0 aliphatic carbocycles. The van der Waals surface area contributed by atoms with Gasteiger partial charge in [-0.1, -0.05) is 16.7 Å². The largest absolute Gasteiger partial charge is 0.751 e. The third-order valence-corrected chi connectivity index (χ3v) is 2.73. The van der Waals surface area contributed by atoms with Crippen LogP contribution in [0.25, 0.3) is 0 Å². The lowest BCUT2D eigenvalue weighted by molar-refractivity contribution is 0.0376. The van der Waals surface area contributed by atoms with Gasteiger partial charge in [0.15, 0.2) is 6.23 Å². The maximum absolute atomic E-state index is 11.8. The Hall–Kier alpha value is -1.49. The normalized spacial score (nSPS) is 13.0. The summed E-state index contributed by atoms with van der Waals surface area (Å²) in [7, 11) is -2.44. The smallest absolute Gasteiger partial charge is 0.459 e. The van der Waals surface area contributed by atoms with E-state index < -0.39 is 20.5 Å². The van der Waals surface area contributed by atoms with Crippen LogP contribution in [0.5, 0.6) is 5.75 Å². The highest BCUT2D eigenvalue weighted by molar-refractivity contribution is 7.33. The summed E-state index contributed by atoms with van der Waals surface area (Å²) in [4.78, 5) is 11.8. The minimum Gasteiger partial charge on any atom is -0.459 e. The minimum absolute atomic E-state index is 0.134. The molecular formula is C12H17NO5P+. The molecule has 1 rings (SSSR count). The zero-order valence-corrected chi connectivity index (χ0v) is 11.9. The maximum Gasteiger partial charge on any atom is 0.751 e. The monoisotopic (exact) mass is 286 g/mol. The first kappa shape index (κ1) is 15.6. The Kier molecular flexibility index (Phi) is 5.89. The molecule has 1 aromatic rings. The van der Waals surface area contributed by atoms with Gasteiger partial charge in [-0.25, -0.2) is 9.32 Å². The molecule has 0 saturated carbocycles. The summed E-state index contributed by atoms with van der Waals surface area (Å²) in [6.45, 7) is 5.00. The molecule has 0 aliphatic rings. The summed E-state index contributed by atoms with van der Waals surface area (Å²) in [5.41, 5.74) is 5.52. The number of hydrogen-bond donors (Lipinski definition) is 1. The lowest BCUT2D eigenvalue weighted by Gasteiger charge is -2.08. The van der Waals surface area contributed by atoms with E-state index in [2.05, 4.69) is 0 Å². The van der Waals surface area contributed by atoms with Crippen LogP contribution in [0.3, 0.4) is 0 Å². The van der Waals surface area contributed by atoms with Crippen LogP contribution in [-0.4, -0.2) is 18.3 Å². The summed E-state index contributed by atoms with van der Waals surface area (Å²) in [5, 5.41) is 0. The molecule has 1 aromatic carbocycles. The van der Waals surface area contributed by atoms with Gasteiger partial charge in [0.2, 0.25) is 5.75 Å². The number of ether oxygens (including phenoxy) is 1. The fraction of sp³-hybridized carbons (Fsp3) is 0.417. The predicted molar refractivity (Wildman–Crippen MR) is 70.0 cm³/mol. The Morgan fingerprint density at radius 3 is 2.47 bits per heavy atom. The van der Waals surface area contributed by atoms with Crippen LogP contribution in [0.15, 0.2) is 24.3 Å². The van der Waals surface area contributed by atoms with Crippen LogP contribution >= 0.6 is 8.25 Å². The minimum atomic E-state index is -2.44. The van der Waals surface area contributed by atoms with Gasteiger partial charge < -0.3 is 10.5 Å². The summed E-state index contributed by atoms with van der Waals surface area (Å²) >= 11 is 0. The highest BCUT2D eigenvalue weighted by Crippen LogP contribution is 2.31. The topological polar surface area (TPSA) is 87.8 Å². The quantitative estimate of drug-likeness (QED) is 0.491. The van der Waals surface area contributed by atoms with Crippen LogP contribution in [0.4, 0.5) is 0 Å². The SMILES string of the molecule is CC(C)OC(=O)c1ccccc1O[P+](=O)OC(C)N. The molecule has 0 heterocycles. The van der Waals surface area contributed by atoms with Crippen molar-refractivity contribution >= 4 is 14.2 Å². The third kappa shape index (κ3) is 5.34. The average molecular weight is 286 g/mol. The Morgan fingerprint density at radius 2 is 1.89 bits per heavy atom. The summed E-state index contributed by atoms with van der Waals surface area (Å²) in [5.74, 6) is -0.412. The van der Waals surface area contributed by atoms with E-state index in [1.165, 1.54) is 19.1 Å². The number of carbonyl (C=O) groups is 1. The Balaban J connectivity index is 2.84. The molecule has 0 aliphatic heterocycles. The Morgan fingerprint density at radius 1 is 1.26 bits per heavy atom. The van der Waals surface area contributed by atoms with Crippen molar-refractivity contribution in [1.29, 1.82) is 0 Å². The predicted octanol–water partition coefficient (Wildman–Crippen LogP) is 2.61. The van der Waals surface area contributed by atoms with Crippen molar-refractivity contribution in [1.82, 2.24) is 0 Å². The van der Waals surface area contributed by atoms with E-state index in [1.54, 1.807) is 26.0 Å². The number of benzene rings is 1. The number of rotatable bonds is 6. The van der Waals surface area contributed by atoms with Crippen molar-refractivity contribution in [3.8, 4) is 5.75 Å². The van der Waals surface area contributed by atoms with E-state index in [1.807, 2.05) is 0 Å². The summed E-state index contributed by atoms with van der Waals surface area (Å²) in [6, 6.07) is 6.34. The second-order valence-electron chi connectivity index (χ2n) is 4.08. The molecule has 0 spiro atoms. The highest BCUT2D eigenvalue weighted by Gasteiger charge is 2.28. The first-order chi connectivity index (χ1) is 8.90. The van der Waals surface area contributed by atoms with Gasteiger partial charge in [-0.2, -0.15) is 0 Å². The van der Waals surface area contributed by atoms with E-state index in [4.69, 9.17) is 19.5 Å². The van der Waals surface area contributed by atoms with Crippen molar-refractivity contribution in [3.05, 3.63) is 29.8 Å². The van der Waals surface area contributed by atoms with Gasteiger partial charge >= 0.3 is 14.2 Å². The molecule has 6 nitrogen and oxygen atoms in total. The molecule has 2 unspecified atom stereocenters. The van der Waals surface area contributed by atoms with Crippen molar-refractivity contribution in [3.63, 3.8) is 0 Å². The molecule has 0 aromatic heterocycles. The van der Waals surface area contributed by atoms with Gasteiger partial charge in [0.1, 0.15) is 5.56 Å². The fourth-order valence-corrected chi connectivity index (χ4v) is 1.86. The number of carbonyl (C=O) groups excluding carboxylic acids is 1. The average Bonchev–Trinajstić information content (AvgIpc) is 2.27. The lowest BCUT2D eigenvalue weighted by atomic mass is 10.2. The van der Waals surface area contributed by atoms with Crippen LogP contribution in [-0.2, 0) is 13.8 Å². The molecule has 0 fully saturated rings. The van der Waals surface area contributed by atoms with Gasteiger partial charge in [0.05, 0.1) is 6.10 Å². The summed E-state index contributed by atoms with van der Waals surface area (Å²) in [6.07, 6.45) is -0.979. The highest BCUT2D eigenvalue weighted by atomic mass is 31.1. The molecular weight excluding hydrogens is 269 g/mol. The van der Waals surface area contributed by atoms with Crippen molar-refractivity contribution in [2.24, 2.45) is 5.73 Å². The molecule has 7 heteroatoms. The lowest BCUT2D eigenvalue weighted by Crippen LogP contribution is -2.16. The molecule has 2 atom stereocenters. The molecule has 0 amide bonds. The van der Waals surface area contributed by atoms with Crippen molar-refractivity contribution in [2.75, 3.05) is 0 Å². The zero-order chi connectivity index (χ0) is 14.4. The van der Waals surface area contributed by atoms with Crippen LogP contribution in [0.2, 0.25) is 0 Å². The van der Waals surface area contributed by atoms with E-state index in [0.717, 1.165) is 0 Å². The number of esters is 1. The van der Waals surface area contributed by atoms with Gasteiger partial charge in [-0.05, 0) is 32.9 Å². The molecule has 0 radical (unpaired) electrons. The van der Waals surface area contributed by atoms with E-state index in [9.17, 15) is 9.36 Å². The number of hydrogen-bond acceptors (Lipinski definition) is 6. The second-order valence-corrected chi connectivity index (χ2v) is 4.92. The van der Waals surface area contributed by atoms with Crippen LogP contribution in [0, 0.1) is 0 Å². The van der Waals surface area contributed by atoms with E-state index in [-0.39, 0.29) is 17.4 Å². The molecule has 19 heavy (non-hydrogen) atoms. The van der Waals surface area contributed by atoms with Crippen LogP contribution in [0.1, 0.15) is 31.1 Å². The van der Waals surface area contributed by atoms with Crippen molar-refractivity contribution < 1.29 is 23.1 Å². The van der Waals surface area contributed by atoms with Gasteiger partial charge in [0, 0.05) is 4.57 Å². The first-order valence-electron chi connectivity index (χ1n) is 5.77. The van der Waals surface area contributed by atoms with Gasteiger partial charge in [0.25, 0.3) is 0 Å². The van der Waals surface area contributed by atoms with E-state index in [0.29, 0.717) is 0 Å². The number of para-hydroxylation sites is 1. The molecule has 0 saturated heterocycles. The third-order valence-electron chi connectivity index (χ3n) is 1.87. The number of nitrogens with two attached hydrogens (primary N) is 1. The molecule has 104 valence electrons. The molecule has 0 bridgehead atoms. The Bertz CT molecular complexity index is 461. The zero-order valence-electron chi connectivity index (χ0n) is 11.0. The van der Waals surface area contributed by atoms with E-state index >= 15 is 0 Å². The van der Waals surface area contributed by atoms with Crippen LogP contribution < -0.4 is 10.3 Å². The summed E-state index contributed by atoms with van der Waals surface area (Å²) < 4.78 is 26.4. The Labute approximate surface area is 112 Å². The van der Waals surface area contributed by atoms with Gasteiger partial charge in [-0.3, -0.25) is 0 Å². The first-order valence-corrected chi connectivity index (χ1v) is 6.87. The molecule has 2 N–H and O–H groups in total. The second kappa shape index (κ2) is 7.19. The van der Waals surface area contributed by atoms with Crippen molar-refractivity contribution in [2.45, 2.75) is 33.1 Å².